The third kappa shape index (κ3) is 24.8. The van der Waals surface area contributed by atoms with E-state index in [4.69, 9.17) is 21.0 Å². The highest BCUT2D eigenvalue weighted by Gasteiger charge is 1.65. The van der Waals surface area contributed by atoms with Gasteiger partial charge in [0.15, 0.2) is 0 Å². The molecule has 0 saturated heterocycles. The smallest absolute Gasteiger partial charge is 0.300 e. The van der Waals surface area contributed by atoms with Crippen molar-refractivity contribution in [3.63, 3.8) is 0 Å². The lowest BCUT2D eigenvalue weighted by atomic mass is 10.9. The number of nitrogens with one attached hydrogen (secondary N) is 2. The number of aliphatic carboxylic acids is 1. The molecule has 5 nitrogen and oxygen atoms in total. The Hall–Kier alpha value is -1.22. The van der Waals surface area contributed by atoms with Crippen molar-refractivity contribution >= 4 is 5.97 Å². The summed E-state index contributed by atoms with van der Waals surface area (Å²) in [6, 6.07) is 0. The number of rotatable bonds is 0. The van der Waals surface area contributed by atoms with Crippen molar-refractivity contribution in [3.05, 3.63) is 0 Å². The minimum Gasteiger partial charge on any atom is -0.481 e. The Morgan fingerprint density at radius 1 is 1.71 bits per heavy atom. The van der Waals surface area contributed by atoms with Crippen molar-refractivity contribution in [3.8, 4) is 0 Å². The Bertz CT molecular complexity index is 78.9. The van der Waals surface area contributed by atoms with Crippen LogP contribution >= 0.6 is 0 Å². The summed E-state index contributed by atoms with van der Waals surface area (Å²) in [5.74, 6) is -0.833. The van der Waals surface area contributed by atoms with Gasteiger partial charge >= 0.3 is 0 Å². The molecule has 0 aliphatic heterocycles. The second kappa shape index (κ2) is 8.84. The summed E-state index contributed by atoms with van der Waals surface area (Å²) in [6.07, 6.45) is 0. The van der Waals surface area contributed by atoms with Gasteiger partial charge in [-0.1, -0.05) is 0 Å². The molecule has 0 aromatic heterocycles. The summed E-state index contributed by atoms with van der Waals surface area (Å²) in [7, 11) is 0. The lowest BCUT2D eigenvalue weighted by molar-refractivity contribution is -0.134. The molecule has 0 aliphatic rings. The molecule has 40 valence electrons. The standard InChI is InChI=1S/C2H4O2.H2N3/c1-2(3)4;1-3-2/h1H3,(H,3,4);1-2H/q;+1. The lowest BCUT2D eigenvalue weighted by Crippen LogP contribution is -1.78. The van der Waals surface area contributed by atoms with E-state index in [0.717, 1.165) is 6.92 Å². The van der Waals surface area contributed by atoms with E-state index in [9.17, 15) is 0 Å². The van der Waals surface area contributed by atoms with Crippen molar-refractivity contribution in [2.24, 2.45) is 0 Å². The van der Waals surface area contributed by atoms with E-state index < -0.39 is 5.97 Å². The van der Waals surface area contributed by atoms with Crippen LogP contribution in [0.2, 0.25) is 0 Å². The molecule has 0 aliphatic carbocycles. The predicted molar refractivity (Wildman–Crippen MR) is 20.9 cm³/mol. The number of hydrogen-bond donors (Lipinski definition) is 3. The molecule has 5 heteroatoms. The number of carboxylic acids is 1. The molecule has 0 spiro atoms. The molecule has 3 N–H and O–H groups in total. The van der Waals surface area contributed by atoms with Gasteiger partial charge in [0.05, 0.1) is 0 Å². The van der Waals surface area contributed by atoms with Crippen LogP contribution in [0.1, 0.15) is 6.92 Å². The zero-order valence-corrected chi connectivity index (χ0v) is 3.80. The molecule has 0 unspecified atom stereocenters. The van der Waals surface area contributed by atoms with Gasteiger partial charge < -0.3 is 5.11 Å². The average Bonchev–Trinajstić information content (AvgIpc) is 1.33. The van der Waals surface area contributed by atoms with Gasteiger partial charge in [-0.25, -0.2) is 0 Å². The van der Waals surface area contributed by atoms with E-state index in [0.29, 0.717) is 0 Å². The lowest BCUT2D eigenvalue weighted by Gasteiger charge is -1.59. The van der Waals surface area contributed by atoms with Crippen LogP contribution in [0.5, 0.6) is 0 Å². The van der Waals surface area contributed by atoms with E-state index in [1.54, 1.807) is 0 Å². The normalized spacial score (nSPS) is 4.71. The van der Waals surface area contributed by atoms with Crippen LogP contribution < -0.4 is 4.91 Å². The summed E-state index contributed by atoms with van der Waals surface area (Å²) in [5.41, 5.74) is 11.0. The predicted octanol–water partition coefficient (Wildman–Crippen LogP) is 0.206. The highest BCUT2D eigenvalue weighted by molar-refractivity contribution is 5.62. The topological polar surface area (TPSA) is 99.1 Å². The van der Waals surface area contributed by atoms with Crippen molar-refractivity contribution in [2.75, 3.05) is 0 Å². The van der Waals surface area contributed by atoms with Gasteiger partial charge in [0.25, 0.3) is 5.97 Å². The fourth-order valence-corrected chi connectivity index (χ4v) is 0. The van der Waals surface area contributed by atoms with Crippen LogP contribution in [0.15, 0.2) is 0 Å². The largest absolute Gasteiger partial charge is 0.481 e. The molecule has 0 aromatic rings. The molecule has 0 bridgehead atoms. The maximum atomic E-state index is 9.00. The van der Waals surface area contributed by atoms with Crippen LogP contribution in [-0.2, 0) is 4.79 Å². The summed E-state index contributed by atoms with van der Waals surface area (Å²) in [5, 5.41) is 7.42. The second-order valence-electron chi connectivity index (χ2n) is 0.631. The highest BCUT2D eigenvalue weighted by atomic mass is 16.4. The minimum absolute atomic E-state index is 0.833. The SMILES string of the molecule is CC(=O)O.N=[N+]=N. The van der Waals surface area contributed by atoms with Gasteiger partial charge in [-0.3, -0.25) is 4.79 Å². The molecular formula is C2H6N3O2+. The monoisotopic (exact) mass is 104 g/mol. The summed E-state index contributed by atoms with van der Waals surface area (Å²) >= 11 is 0. The first-order valence-electron chi connectivity index (χ1n) is 1.37. The van der Waals surface area contributed by atoms with Crippen LogP contribution in [0.3, 0.4) is 0 Å². The first kappa shape index (κ1) is 9.24. The first-order valence-corrected chi connectivity index (χ1v) is 1.37. The summed E-state index contributed by atoms with van der Waals surface area (Å²) in [6.45, 7) is 1.08. The van der Waals surface area contributed by atoms with Crippen molar-refractivity contribution in [2.45, 2.75) is 6.92 Å². The van der Waals surface area contributed by atoms with Gasteiger partial charge in [-0.05, 0) is 0 Å². The van der Waals surface area contributed by atoms with E-state index in [1.165, 1.54) is 0 Å². The Morgan fingerprint density at radius 3 is 1.71 bits per heavy atom. The molecule has 0 radical (unpaired) electrons. The van der Waals surface area contributed by atoms with Crippen molar-refractivity contribution < 1.29 is 9.90 Å². The van der Waals surface area contributed by atoms with Crippen LogP contribution in [0.25, 0.3) is 0 Å². The Labute approximate surface area is 40.0 Å². The van der Waals surface area contributed by atoms with Gasteiger partial charge in [0.1, 0.15) is 11.1 Å². The summed E-state index contributed by atoms with van der Waals surface area (Å²) in [4.78, 5) is 11.0. The zero-order chi connectivity index (χ0) is 6.28. The Morgan fingerprint density at radius 2 is 1.71 bits per heavy atom. The molecule has 0 aromatic carbocycles. The molecule has 0 fully saturated rings. The van der Waals surface area contributed by atoms with Crippen LogP contribution in [0.4, 0.5) is 0 Å². The van der Waals surface area contributed by atoms with Gasteiger partial charge in [-0.15, -0.1) is 0 Å². The van der Waals surface area contributed by atoms with Crippen LogP contribution in [0, 0.1) is 11.1 Å². The molecule has 0 atom stereocenters. The highest BCUT2D eigenvalue weighted by Crippen LogP contribution is 1.42. The molecule has 0 saturated carbocycles. The fourth-order valence-electron chi connectivity index (χ4n) is 0. The van der Waals surface area contributed by atoms with Gasteiger partial charge in [0, 0.05) is 6.92 Å². The van der Waals surface area contributed by atoms with Crippen LogP contribution in [-0.4, -0.2) is 11.1 Å². The van der Waals surface area contributed by atoms with Gasteiger partial charge in [0.2, 0.25) is 4.91 Å². The second-order valence-corrected chi connectivity index (χ2v) is 0.631. The van der Waals surface area contributed by atoms with E-state index >= 15 is 0 Å². The maximum Gasteiger partial charge on any atom is 0.300 e. The maximum absolute atomic E-state index is 9.00. The molecule has 7 heavy (non-hydrogen) atoms. The minimum atomic E-state index is -0.833. The molecule has 0 amide bonds. The third-order valence-corrected chi connectivity index (χ3v) is 0. The molecule has 0 heterocycles. The Balaban J connectivity index is 0. The first-order chi connectivity index (χ1) is 3.15. The quantitative estimate of drug-likeness (QED) is 0.302. The van der Waals surface area contributed by atoms with E-state index in [1.807, 2.05) is 4.91 Å². The number of carboxylic acid groups (broad SMARTS) is 1. The Kier molecular flexibility index (Phi) is 11.7. The number of hydrogen-bond acceptors (Lipinski definition) is 3. The van der Waals surface area contributed by atoms with E-state index in [-0.39, 0.29) is 0 Å². The fraction of sp³-hybridized carbons (Fsp3) is 0.500. The molecular weight excluding hydrogens is 98.0 g/mol. The van der Waals surface area contributed by atoms with E-state index in [2.05, 4.69) is 0 Å². The molecule has 0 rings (SSSR count). The van der Waals surface area contributed by atoms with Crippen molar-refractivity contribution in [1.29, 1.82) is 11.1 Å². The average molecular weight is 104 g/mol. The van der Waals surface area contributed by atoms with Crippen molar-refractivity contribution in [1.82, 2.24) is 4.91 Å². The zero-order valence-electron chi connectivity index (χ0n) is 3.80. The number of nitrogens with zero attached hydrogens (tertiary/aromatic N) is 1. The van der Waals surface area contributed by atoms with Gasteiger partial charge in [-0.2, -0.15) is 0 Å². The third-order valence-electron chi connectivity index (χ3n) is 0. The number of carbonyl (C=O) groups is 1. The summed E-state index contributed by atoms with van der Waals surface area (Å²) < 4.78 is 0.